The van der Waals surface area contributed by atoms with Gasteiger partial charge in [0.15, 0.2) is 10.1 Å². The van der Waals surface area contributed by atoms with Gasteiger partial charge in [-0.1, -0.05) is 6.07 Å². The lowest BCUT2D eigenvalue weighted by atomic mass is 10.1. The number of benzene rings is 1. The standard InChI is InChI=1S/C13H14N3.CHF3O3S/c1-10-4-11(2)6-12(5-10)16-9-15(3)8-13(16)7-14;2-1(3,4)8(5,6)7/h4-6,8-9H,1-3H3;(H,5,6,7)/q+1;/p-1. The number of nitriles is 1. The molecular formula is C14H14F3N3O3S. The molecule has 2 rings (SSSR count). The van der Waals surface area contributed by atoms with Crippen LogP contribution in [0.3, 0.4) is 0 Å². The second-order valence-electron chi connectivity index (χ2n) is 5.02. The lowest BCUT2D eigenvalue weighted by Crippen LogP contribution is -2.23. The van der Waals surface area contributed by atoms with Crippen molar-refractivity contribution in [1.29, 1.82) is 5.26 Å². The van der Waals surface area contributed by atoms with Gasteiger partial charge in [-0.25, -0.2) is 13.0 Å². The fourth-order valence-corrected chi connectivity index (χ4v) is 1.91. The van der Waals surface area contributed by atoms with Gasteiger partial charge in [0.05, 0.1) is 7.05 Å². The Morgan fingerprint density at radius 2 is 1.67 bits per heavy atom. The minimum absolute atomic E-state index is 0.646. The largest absolute Gasteiger partial charge is 0.741 e. The van der Waals surface area contributed by atoms with E-state index in [2.05, 4.69) is 38.1 Å². The van der Waals surface area contributed by atoms with E-state index in [4.69, 9.17) is 18.2 Å². The Balaban J connectivity index is 0.000000307. The van der Waals surface area contributed by atoms with Gasteiger partial charge in [0.25, 0.3) is 0 Å². The second kappa shape index (κ2) is 7.02. The molecule has 0 atom stereocenters. The Hall–Kier alpha value is -2.38. The van der Waals surface area contributed by atoms with E-state index in [0.29, 0.717) is 5.69 Å². The van der Waals surface area contributed by atoms with Crippen LogP contribution in [0.2, 0.25) is 0 Å². The van der Waals surface area contributed by atoms with Crippen molar-refractivity contribution < 1.29 is 30.7 Å². The van der Waals surface area contributed by atoms with E-state index in [1.165, 1.54) is 11.1 Å². The molecule has 0 N–H and O–H groups in total. The average molecular weight is 361 g/mol. The highest BCUT2D eigenvalue weighted by Gasteiger charge is 2.36. The highest BCUT2D eigenvalue weighted by atomic mass is 32.2. The summed E-state index contributed by atoms with van der Waals surface area (Å²) in [6.07, 6.45) is 3.73. The normalized spacial score (nSPS) is 11.4. The quantitative estimate of drug-likeness (QED) is 0.440. The van der Waals surface area contributed by atoms with Gasteiger partial charge in [0.1, 0.15) is 18.0 Å². The maximum absolute atomic E-state index is 10.7. The minimum atomic E-state index is -6.09. The molecule has 0 amide bonds. The first kappa shape index (κ1) is 19.7. The van der Waals surface area contributed by atoms with E-state index in [1.807, 2.05) is 28.7 Å². The molecule has 2 aromatic rings. The van der Waals surface area contributed by atoms with Crippen molar-refractivity contribution in [2.24, 2.45) is 7.05 Å². The first-order valence-corrected chi connectivity index (χ1v) is 7.84. The van der Waals surface area contributed by atoms with Crippen molar-refractivity contribution >= 4 is 10.1 Å². The van der Waals surface area contributed by atoms with Crippen LogP contribution in [0.4, 0.5) is 13.2 Å². The van der Waals surface area contributed by atoms with Crippen LogP contribution >= 0.6 is 0 Å². The molecule has 0 saturated carbocycles. The van der Waals surface area contributed by atoms with Gasteiger partial charge in [0.2, 0.25) is 12.0 Å². The molecule has 0 spiro atoms. The zero-order valence-electron chi connectivity index (χ0n) is 13.0. The molecule has 1 aromatic carbocycles. The monoisotopic (exact) mass is 361 g/mol. The summed E-state index contributed by atoms with van der Waals surface area (Å²) in [6.45, 7) is 4.12. The van der Waals surface area contributed by atoms with Gasteiger partial charge in [-0.05, 0) is 37.1 Å². The number of hydrogen-bond acceptors (Lipinski definition) is 4. The third-order valence-electron chi connectivity index (χ3n) is 2.77. The van der Waals surface area contributed by atoms with Crippen LogP contribution in [-0.2, 0) is 17.2 Å². The summed E-state index contributed by atoms with van der Waals surface area (Å²) in [7, 11) is -4.17. The van der Waals surface area contributed by atoms with E-state index >= 15 is 0 Å². The lowest BCUT2D eigenvalue weighted by molar-refractivity contribution is -0.670. The molecule has 130 valence electrons. The molecule has 0 radical (unpaired) electrons. The summed E-state index contributed by atoms with van der Waals surface area (Å²) in [5.41, 5.74) is -1.56. The Bertz CT molecular complexity index is 861. The minimum Gasteiger partial charge on any atom is -0.741 e. The number of nitrogens with zero attached hydrogens (tertiary/aromatic N) is 3. The summed E-state index contributed by atoms with van der Waals surface area (Å²) in [6, 6.07) is 8.47. The molecule has 1 aromatic heterocycles. The Labute approximate surface area is 137 Å². The summed E-state index contributed by atoms with van der Waals surface area (Å²) in [5.74, 6) is 0. The average Bonchev–Trinajstić information content (AvgIpc) is 2.77. The molecule has 0 bridgehead atoms. The Kier molecular flexibility index (Phi) is 5.75. The lowest BCUT2D eigenvalue weighted by Gasteiger charge is -2.08. The van der Waals surface area contributed by atoms with E-state index in [1.54, 1.807) is 0 Å². The second-order valence-corrected chi connectivity index (χ2v) is 6.39. The van der Waals surface area contributed by atoms with Crippen LogP contribution in [0, 0.1) is 25.2 Å². The molecule has 1 heterocycles. The smallest absolute Gasteiger partial charge is 0.485 e. The molecule has 0 aliphatic carbocycles. The van der Waals surface area contributed by atoms with Crippen molar-refractivity contribution in [1.82, 2.24) is 4.57 Å². The molecule has 0 saturated heterocycles. The van der Waals surface area contributed by atoms with Gasteiger partial charge < -0.3 is 4.55 Å². The number of rotatable bonds is 1. The predicted octanol–water partition coefficient (Wildman–Crippen LogP) is 1.84. The van der Waals surface area contributed by atoms with Crippen LogP contribution in [0.1, 0.15) is 16.8 Å². The van der Waals surface area contributed by atoms with Gasteiger partial charge >= 0.3 is 5.51 Å². The Morgan fingerprint density at radius 1 is 1.21 bits per heavy atom. The SMILES string of the molecule is Cc1cc(C)cc(-n2c[n+](C)cc2C#N)c1.O=S(=O)([O-])C(F)(F)F. The van der Waals surface area contributed by atoms with Crippen molar-refractivity contribution in [3.63, 3.8) is 0 Å². The number of aromatic nitrogens is 2. The number of halogens is 3. The highest BCUT2D eigenvalue weighted by Crippen LogP contribution is 2.20. The number of imidazole rings is 1. The highest BCUT2D eigenvalue weighted by molar-refractivity contribution is 7.86. The zero-order chi connectivity index (χ0) is 18.7. The van der Waals surface area contributed by atoms with Crippen molar-refractivity contribution in [2.75, 3.05) is 0 Å². The van der Waals surface area contributed by atoms with Crippen molar-refractivity contribution in [3.05, 3.63) is 47.5 Å². The van der Waals surface area contributed by atoms with Gasteiger partial charge in [-0.3, -0.25) is 0 Å². The fraction of sp³-hybridized carbons (Fsp3) is 0.286. The molecule has 10 heteroatoms. The third-order valence-corrected chi connectivity index (χ3v) is 3.33. The number of hydrogen-bond donors (Lipinski definition) is 0. The van der Waals surface area contributed by atoms with E-state index in [0.717, 1.165) is 5.69 Å². The molecule has 0 unspecified atom stereocenters. The molecule has 0 aliphatic heterocycles. The van der Waals surface area contributed by atoms with E-state index in [-0.39, 0.29) is 0 Å². The Morgan fingerprint density at radius 3 is 2.04 bits per heavy atom. The first-order valence-electron chi connectivity index (χ1n) is 6.43. The number of aryl methyl sites for hydroxylation is 3. The van der Waals surface area contributed by atoms with Crippen LogP contribution in [0.5, 0.6) is 0 Å². The maximum atomic E-state index is 10.7. The van der Waals surface area contributed by atoms with Crippen LogP contribution in [-0.4, -0.2) is 23.0 Å². The predicted molar refractivity (Wildman–Crippen MR) is 76.9 cm³/mol. The molecular weight excluding hydrogens is 347 g/mol. The summed E-state index contributed by atoms with van der Waals surface area (Å²) in [4.78, 5) is 0. The van der Waals surface area contributed by atoms with Crippen molar-refractivity contribution in [2.45, 2.75) is 19.4 Å². The van der Waals surface area contributed by atoms with Gasteiger partial charge in [-0.2, -0.15) is 23.0 Å². The van der Waals surface area contributed by atoms with Crippen molar-refractivity contribution in [3.8, 4) is 11.8 Å². The van der Waals surface area contributed by atoms with Crippen LogP contribution < -0.4 is 4.57 Å². The fourth-order valence-electron chi connectivity index (χ4n) is 1.91. The number of alkyl halides is 3. The third kappa shape index (κ3) is 5.07. The topological polar surface area (TPSA) is 89.8 Å². The van der Waals surface area contributed by atoms with Crippen LogP contribution in [0.15, 0.2) is 30.7 Å². The molecule has 0 fully saturated rings. The van der Waals surface area contributed by atoms with Crippen LogP contribution in [0.25, 0.3) is 5.69 Å². The zero-order valence-corrected chi connectivity index (χ0v) is 13.8. The summed E-state index contributed by atoms with van der Waals surface area (Å²) >= 11 is 0. The molecule has 6 nitrogen and oxygen atoms in total. The summed E-state index contributed by atoms with van der Waals surface area (Å²) < 4.78 is 62.7. The van der Waals surface area contributed by atoms with E-state index < -0.39 is 15.6 Å². The first-order chi connectivity index (χ1) is 10.8. The summed E-state index contributed by atoms with van der Waals surface area (Å²) in [5, 5.41) is 9.05. The van der Waals surface area contributed by atoms with Gasteiger partial charge in [0, 0.05) is 0 Å². The molecule has 0 aliphatic rings. The van der Waals surface area contributed by atoms with E-state index in [9.17, 15) is 13.2 Å². The van der Waals surface area contributed by atoms with Gasteiger partial charge in [-0.15, -0.1) is 0 Å². The molecule has 24 heavy (non-hydrogen) atoms. The maximum Gasteiger partial charge on any atom is 0.485 e.